The number of thioether (sulfide) groups is 1. The van der Waals surface area contributed by atoms with E-state index in [9.17, 15) is 4.79 Å². The van der Waals surface area contributed by atoms with Gasteiger partial charge in [0.05, 0.1) is 28.6 Å². The first kappa shape index (κ1) is 23.4. The lowest BCUT2D eigenvalue weighted by atomic mass is 10.1. The highest BCUT2D eigenvalue weighted by Crippen LogP contribution is 2.32. The van der Waals surface area contributed by atoms with Crippen molar-refractivity contribution in [2.75, 3.05) is 7.11 Å². The van der Waals surface area contributed by atoms with E-state index < -0.39 is 0 Å². The number of para-hydroxylation sites is 2. The third kappa shape index (κ3) is 4.63. The summed E-state index contributed by atoms with van der Waals surface area (Å²) in [5, 5.41) is 9.84. The van der Waals surface area contributed by atoms with E-state index in [-0.39, 0.29) is 5.56 Å². The second-order valence-electron chi connectivity index (χ2n) is 8.46. The van der Waals surface area contributed by atoms with E-state index in [1.54, 1.807) is 17.6 Å². The molecule has 6 aromatic rings. The first-order valence-corrected chi connectivity index (χ1v) is 13.6. The third-order valence-corrected chi connectivity index (χ3v) is 8.15. The van der Waals surface area contributed by atoms with Crippen molar-refractivity contribution in [2.24, 2.45) is 0 Å². The van der Waals surface area contributed by atoms with E-state index in [1.807, 2.05) is 66.7 Å². The summed E-state index contributed by atoms with van der Waals surface area (Å²) in [7, 11) is 1.66. The van der Waals surface area contributed by atoms with Crippen molar-refractivity contribution in [2.45, 2.75) is 23.9 Å². The van der Waals surface area contributed by atoms with Crippen LogP contribution in [0.2, 0.25) is 0 Å². The van der Waals surface area contributed by atoms with Crippen LogP contribution in [0.1, 0.15) is 11.3 Å². The molecule has 0 amide bonds. The summed E-state index contributed by atoms with van der Waals surface area (Å²) >= 11 is 3.05. The van der Waals surface area contributed by atoms with Gasteiger partial charge in [0, 0.05) is 18.4 Å². The van der Waals surface area contributed by atoms with Crippen LogP contribution in [0.4, 0.5) is 0 Å². The van der Waals surface area contributed by atoms with Gasteiger partial charge in [0.1, 0.15) is 5.75 Å². The monoisotopic (exact) mass is 525 g/mol. The fourth-order valence-electron chi connectivity index (χ4n) is 4.35. The highest BCUT2D eigenvalue weighted by atomic mass is 32.2. The molecule has 0 saturated heterocycles. The van der Waals surface area contributed by atoms with Crippen molar-refractivity contribution in [1.29, 1.82) is 0 Å². The highest BCUT2D eigenvalue weighted by molar-refractivity contribution is 7.98. The Morgan fingerprint density at radius 3 is 2.59 bits per heavy atom. The van der Waals surface area contributed by atoms with E-state index in [0.29, 0.717) is 17.3 Å². The maximum Gasteiger partial charge on any atom is 0.259 e. The van der Waals surface area contributed by atoms with Crippen molar-refractivity contribution in [3.05, 3.63) is 107 Å². The predicted octanol–water partition coefficient (Wildman–Crippen LogP) is 5.71. The van der Waals surface area contributed by atoms with Crippen molar-refractivity contribution < 1.29 is 4.74 Å². The Morgan fingerprint density at radius 1 is 0.946 bits per heavy atom. The van der Waals surface area contributed by atoms with E-state index in [2.05, 4.69) is 26.9 Å². The third-order valence-electron chi connectivity index (χ3n) is 6.13. The molecule has 9 heteroatoms. The highest BCUT2D eigenvalue weighted by Gasteiger charge is 2.18. The quantitative estimate of drug-likeness (QED) is 0.237. The van der Waals surface area contributed by atoms with Crippen LogP contribution < -0.4 is 10.3 Å². The van der Waals surface area contributed by atoms with Gasteiger partial charge in [-0.1, -0.05) is 77.7 Å². The molecule has 0 aliphatic carbocycles. The van der Waals surface area contributed by atoms with E-state index in [1.165, 1.54) is 28.7 Å². The van der Waals surface area contributed by atoms with Crippen LogP contribution in [0.5, 0.6) is 5.75 Å². The van der Waals surface area contributed by atoms with Gasteiger partial charge in [0.2, 0.25) is 0 Å². The van der Waals surface area contributed by atoms with Gasteiger partial charge in [-0.15, -0.1) is 10.2 Å². The molecule has 0 aliphatic heterocycles. The Balaban J connectivity index is 1.33. The summed E-state index contributed by atoms with van der Waals surface area (Å²) in [4.78, 5) is 18.4. The zero-order chi connectivity index (χ0) is 25.2. The van der Waals surface area contributed by atoms with Gasteiger partial charge >= 0.3 is 0 Å². The number of hydrogen-bond acceptors (Lipinski definition) is 7. The molecular weight excluding hydrogens is 502 g/mol. The molecule has 6 rings (SSSR count). The number of thiazole rings is 1. The summed E-state index contributed by atoms with van der Waals surface area (Å²) in [6, 6.07) is 27.7. The SMILES string of the molecule is COc1ccccc1-c1nnc(SCc2cc(=O)n3c(n2)sc2ccccc23)n1CCc1ccccc1. The number of fused-ring (bicyclic) bond motifs is 3. The summed E-state index contributed by atoms with van der Waals surface area (Å²) in [5.74, 6) is 2.01. The van der Waals surface area contributed by atoms with E-state index in [4.69, 9.17) is 9.72 Å². The molecule has 0 atom stereocenters. The van der Waals surface area contributed by atoms with Crippen molar-refractivity contribution in [3.8, 4) is 17.1 Å². The van der Waals surface area contributed by atoms with Crippen LogP contribution in [0.3, 0.4) is 0 Å². The smallest absolute Gasteiger partial charge is 0.259 e. The van der Waals surface area contributed by atoms with Gasteiger partial charge in [-0.05, 0) is 36.2 Å². The molecular formula is C28H23N5O2S2. The number of aryl methyl sites for hydroxylation is 1. The second kappa shape index (κ2) is 10.2. The average Bonchev–Trinajstić information content (AvgIpc) is 3.52. The molecule has 0 radical (unpaired) electrons. The first-order valence-electron chi connectivity index (χ1n) is 11.8. The lowest BCUT2D eigenvalue weighted by molar-refractivity contribution is 0.415. The van der Waals surface area contributed by atoms with Crippen molar-refractivity contribution >= 4 is 38.3 Å². The maximum atomic E-state index is 12.9. The molecule has 3 aromatic carbocycles. The zero-order valence-electron chi connectivity index (χ0n) is 20.1. The molecule has 3 aromatic heterocycles. The number of rotatable bonds is 8. The Hall–Kier alpha value is -3.95. The van der Waals surface area contributed by atoms with Crippen LogP contribution in [0.15, 0.2) is 94.9 Å². The van der Waals surface area contributed by atoms with E-state index >= 15 is 0 Å². The Bertz CT molecular complexity index is 1760. The summed E-state index contributed by atoms with van der Waals surface area (Å²) in [6.07, 6.45) is 0.835. The standard InChI is InChI=1S/C28H23N5O2S2/c1-35-23-13-7-5-11-21(23)26-30-31-28(32(26)16-15-19-9-3-2-4-10-19)36-18-20-17-25(34)33-22-12-6-8-14-24(22)37-27(33)29-20/h2-14,17H,15-16,18H2,1H3. The molecule has 7 nitrogen and oxygen atoms in total. The van der Waals surface area contributed by atoms with E-state index in [0.717, 1.165) is 44.6 Å². The van der Waals surface area contributed by atoms with Crippen LogP contribution in [0.25, 0.3) is 26.6 Å². The number of methoxy groups -OCH3 is 1. The van der Waals surface area contributed by atoms with Crippen LogP contribution in [-0.2, 0) is 18.7 Å². The van der Waals surface area contributed by atoms with Crippen LogP contribution in [0, 0.1) is 0 Å². The lowest BCUT2D eigenvalue weighted by Gasteiger charge is -2.12. The number of aromatic nitrogens is 5. The molecule has 0 aliphatic rings. The topological polar surface area (TPSA) is 74.3 Å². The van der Waals surface area contributed by atoms with Gasteiger partial charge in [-0.2, -0.15) is 0 Å². The Morgan fingerprint density at radius 2 is 1.73 bits per heavy atom. The fourth-order valence-corrected chi connectivity index (χ4v) is 6.25. The molecule has 0 unspecified atom stereocenters. The van der Waals surface area contributed by atoms with Gasteiger partial charge in [-0.25, -0.2) is 4.98 Å². The fraction of sp³-hybridized carbons (Fsp3) is 0.143. The summed E-state index contributed by atoms with van der Waals surface area (Å²) < 4.78 is 10.4. The second-order valence-corrected chi connectivity index (χ2v) is 10.4. The average molecular weight is 526 g/mol. The Labute approximate surface area is 221 Å². The molecule has 0 spiro atoms. The van der Waals surface area contributed by atoms with Gasteiger partial charge in [0.15, 0.2) is 15.9 Å². The number of ether oxygens (including phenoxy) is 1. The predicted molar refractivity (Wildman–Crippen MR) is 149 cm³/mol. The van der Waals surface area contributed by atoms with Crippen molar-refractivity contribution in [3.63, 3.8) is 0 Å². The molecule has 0 fully saturated rings. The zero-order valence-corrected chi connectivity index (χ0v) is 21.7. The normalized spacial score (nSPS) is 11.4. The lowest BCUT2D eigenvalue weighted by Crippen LogP contribution is -2.13. The minimum absolute atomic E-state index is 0.0710. The Kier molecular flexibility index (Phi) is 6.46. The van der Waals surface area contributed by atoms with Crippen molar-refractivity contribution in [1.82, 2.24) is 24.1 Å². The largest absolute Gasteiger partial charge is 0.496 e. The van der Waals surface area contributed by atoms with Crippen LogP contribution >= 0.6 is 23.1 Å². The van der Waals surface area contributed by atoms with Gasteiger partial charge in [-0.3, -0.25) is 9.20 Å². The molecule has 0 bridgehead atoms. The van der Waals surface area contributed by atoms with Gasteiger partial charge < -0.3 is 9.30 Å². The molecule has 37 heavy (non-hydrogen) atoms. The maximum absolute atomic E-state index is 12.9. The molecule has 184 valence electrons. The van der Waals surface area contributed by atoms with Gasteiger partial charge in [0.25, 0.3) is 5.56 Å². The minimum Gasteiger partial charge on any atom is -0.496 e. The number of benzene rings is 3. The minimum atomic E-state index is -0.0710. The summed E-state index contributed by atoms with van der Waals surface area (Å²) in [5.41, 5.74) is 3.67. The number of nitrogens with zero attached hydrogens (tertiary/aromatic N) is 5. The number of hydrogen-bond donors (Lipinski definition) is 0. The molecule has 0 saturated carbocycles. The summed E-state index contributed by atoms with van der Waals surface area (Å²) in [6.45, 7) is 0.707. The van der Waals surface area contributed by atoms with Crippen LogP contribution in [-0.4, -0.2) is 31.3 Å². The molecule has 3 heterocycles. The first-order chi connectivity index (χ1) is 18.2. The molecule has 0 N–H and O–H groups in total.